The maximum absolute atomic E-state index is 14.9. The van der Waals surface area contributed by atoms with Crippen molar-refractivity contribution in [1.82, 2.24) is 0 Å². The van der Waals surface area contributed by atoms with Gasteiger partial charge >= 0.3 is 12.1 Å². The Kier molecular flexibility index (Phi) is 4.99. The number of aliphatic hydroxyl groups is 1. The summed E-state index contributed by atoms with van der Waals surface area (Å²) in [6, 6.07) is 9.25. The van der Waals surface area contributed by atoms with Gasteiger partial charge in [-0.05, 0) is 73.1 Å². The second-order valence-corrected chi connectivity index (χ2v) is 10.4. The molecule has 0 heterocycles. The molecule has 4 aliphatic carbocycles. The van der Waals surface area contributed by atoms with E-state index in [1.165, 1.54) is 6.92 Å². The monoisotopic (exact) mass is 466 g/mol. The van der Waals surface area contributed by atoms with Gasteiger partial charge in [-0.3, -0.25) is 4.79 Å². The second kappa shape index (κ2) is 7.24. The fraction of sp³-hybridized carbons (Fsp3) is 0.577. The van der Waals surface area contributed by atoms with E-state index in [0.29, 0.717) is 25.7 Å². The van der Waals surface area contributed by atoms with Crippen LogP contribution >= 0.6 is 0 Å². The summed E-state index contributed by atoms with van der Waals surface area (Å²) < 4.78 is 70.3. The van der Waals surface area contributed by atoms with Crippen LogP contribution in [0.15, 0.2) is 53.1 Å². The van der Waals surface area contributed by atoms with E-state index in [1.807, 2.05) is 30.3 Å². The van der Waals surface area contributed by atoms with Gasteiger partial charge < -0.3 is 5.11 Å². The highest BCUT2D eigenvalue weighted by Gasteiger charge is 2.79. The predicted molar refractivity (Wildman–Crippen MR) is 113 cm³/mol. The molecule has 33 heavy (non-hydrogen) atoms. The zero-order valence-corrected chi connectivity index (χ0v) is 18.4. The average Bonchev–Trinajstić information content (AvgIpc) is 3.04. The van der Waals surface area contributed by atoms with Gasteiger partial charge in [-0.15, -0.1) is 0 Å². The van der Waals surface area contributed by atoms with Crippen molar-refractivity contribution in [3.05, 3.63) is 58.7 Å². The first-order chi connectivity index (χ1) is 15.4. The van der Waals surface area contributed by atoms with Crippen LogP contribution in [-0.2, 0) is 4.79 Å². The Hall–Kier alpha value is -2.02. The topological polar surface area (TPSA) is 37.3 Å². The summed E-state index contributed by atoms with van der Waals surface area (Å²) in [5, 5.41) is 11.2. The van der Waals surface area contributed by atoms with Crippen molar-refractivity contribution in [2.24, 2.45) is 17.3 Å². The Morgan fingerprint density at radius 1 is 1.00 bits per heavy atom. The number of hydrogen-bond acceptors (Lipinski definition) is 2. The van der Waals surface area contributed by atoms with Crippen molar-refractivity contribution in [3.8, 4) is 0 Å². The summed E-state index contributed by atoms with van der Waals surface area (Å²) in [5.41, 5.74) is -0.756. The third-order valence-electron chi connectivity index (χ3n) is 8.96. The number of fused-ring (bicyclic) bond motifs is 4. The van der Waals surface area contributed by atoms with Crippen molar-refractivity contribution in [3.63, 3.8) is 0 Å². The van der Waals surface area contributed by atoms with Gasteiger partial charge in [0.15, 0.2) is 5.78 Å². The number of halogens is 5. The number of carbonyl (C=O) groups is 1. The first-order valence-electron chi connectivity index (χ1n) is 11.6. The minimum Gasteiger partial charge on any atom is -0.383 e. The summed E-state index contributed by atoms with van der Waals surface area (Å²) in [5.74, 6) is -6.17. The lowest BCUT2D eigenvalue weighted by molar-refractivity contribution is -0.362. The summed E-state index contributed by atoms with van der Waals surface area (Å²) in [7, 11) is 0. The van der Waals surface area contributed by atoms with Crippen molar-refractivity contribution in [2.75, 3.05) is 0 Å². The van der Waals surface area contributed by atoms with E-state index in [4.69, 9.17) is 0 Å². The molecule has 0 bridgehead atoms. The molecule has 0 radical (unpaired) electrons. The van der Waals surface area contributed by atoms with Crippen LogP contribution in [0.5, 0.6) is 0 Å². The summed E-state index contributed by atoms with van der Waals surface area (Å²) >= 11 is 0. The molecule has 4 aliphatic rings. The van der Waals surface area contributed by atoms with E-state index < -0.39 is 35.5 Å². The predicted octanol–water partition coefficient (Wildman–Crippen LogP) is 6.51. The van der Waals surface area contributed by atoms with Crippen LogP contribution in [0.25, 0.3) is 0 Å². The van der Waals surface area contributed by atoms with Crippen LogP contribution in [0.3, 0.4) is 0 Å². The molecule has 2 fully saturated rings. The largest absolute Gasteiger partial charge is 0.456 e. The van der Waals surface area contributed by atoms with Gasteiger partial charge in [0.25, 0.3) is 0 Å². The summed E-state index contributed by atoms with van der Waals surface area (Å²) in [6.45, 7) is 1.44. The zero-order chi connectivity index (χ0) is 23.8. The standard InChI is InChI=1S/C26H27F5O2/c1-23-14-20(15-5-3-2-4-6-15)22-18-10-8-17(32)13-16(18)7-9-19(22)21(23)11-12-24(23,33)25(27,28)26(29,30)31/h2-6,13,19-21,33H,7-12,14H2,1H3/t19-,20+,21-,23-,24-/m0/s1. The van der Waals surface area contributed by atoms with Gasteiger partial charge in [0.1, 0.15) is 5.60 Å². The van der Waals surface area contributed by atoms with Crippen LogP contribution in [0.2, 0.25) is 0 Å². The lowest BCUT2D eigenvalue weighted by Crippen LogP contribution is -2.65. The van der Waals surface area contributed by atoms with Gasteiger partial charge in [0.05, 0.1) is 0 Å². The number of carbonyl (C=O) groups excluding carboxylic acids is 1. The fourth-order valence-corrected chi connectivity index (χ4v) is 7.40. The Bertz CT molecular complexity index is 1040. The maximum Gasteiger partial charge on any atom is 0.456 e. The van der Waals surface area contributed by atoms with Gasteiger partial charge in [-0.2, -0.15) is 22.0 Å². The maximum atomic E-state index is 14.9. The quantitative estimate of drug-likeness (QED) is 0.504. The van der Waals surface area contributed by atoms with Crippen LogP contribution in [0, 0.1) is 17.3 Å². The summed E-state index contributed by atoms with van der Waals surface area (Å²) in [6.07, 6.45) is -2.43. The molecule has 2 saturated carbocycles. The molecular formula is C26H27F5O2. The fourth-order valence-electron chi connectivity index (χ4n) is 7.40. The molecule has 1 aromatic rings. The van der Waals surface area contributed by atoms with E-state index in [0.717, 1.165) is 22.3 Å². The molecule has 0 aromatic heterocycles. The number of ketones is 1. The number of allylic oxidation sites excluding steroid dienone is 4. The molecule has 0 unspecified atom stereocenters. The van der Waals surface area contributed by atoms with Crippen LogP contribution in [0.4, 0.5) is 22.0 Å². The summed E-state index contributed by atoms with van der Waals surface area (Å²) in [4.78, 5) is 12.0. The number of alkyl halides is 5. The highest BCUT2D eigenvalue weighted by molar-refractivity contribution is 5.93. The van der Waals surface area contributed by atoms with Crippen molar-refractivity contribution >= 4 is 5.78 Å². The minimum atomic E-state index is -5.83. The molecule has 0 spiro atoms. The van der Waals surface area contributed by atoms with Crippen LogP contribution < -0.4 is 0 Å². The van der Waals surface area contributed by atoms with Crippen LogP contribution in [-0.4, -0.2) is 28.6 Å². The highest BCUT2D eigenvalue weighted by atomic mass is 19.4. The lowest BCUT2D eigenvalue weighted by Gasteiger charge is -2.56. The number of hydrogen-bond donors (Lipinski definition) is 1. The normalized spacial score (nSPS) is 36.8. The Morgan fingerprint density at radius 2 is 1.70 bits per heavy atom. The van der Waals surface area contributed by atoms with Gasteiger partial charge in [0.2, 0.25) is 0 Å². The third-order valence-corrected chi connectivity index (χ3v) is 8.96. The average molecular weight is 466 g/mol. The van der Waals surface area contributed by atoms with Crippen molar-refractivity contribution < 1.29 is 31.9 Å². The van der Waals surface area contributed by atoms with E-state index in [9.17, 15) is 31.9 Å². The molecular weight excluding hydrogens is 439 g/mol. The first kappa shape index (κ1) is 22.8. The minimum absolute atomic E-state index is 0.0143. The van der Waals surface area contributed by atoms with Crippen LogP contribution in [0.1, 0.15) is 63.4 Å². The Balaban J connectivity index is 1.69. The van der Waals surface area contributed by atoms with E-state index in [-0.39, 0.29) is 30.5 Å². The third kappa shape index (κ3) is 3.03. The molecule has 0 amide bonds. The molecule has 5 atom stereocenters. The Morgan fingerprint density at radius 3 is 2.36 bits per heavy atom. The lowest BCUT2D eigenvalue weighted by atomic mass is 9.50. The van der Waals surface area contributed by atoms with E-state index in [1.54, 1.807) is 6.08 Å². The van der Waals surface area contributed by atoms with Gasteiger partial charge in [-0.1, -0.05) is 42.8 Å². The number of rotatable bonds is 2. The van der Waals surface area contributed by atoms with Gasteiger partial charge in [-0.25, -0.2) is 0 Å². The molecule has 1 aromatic carbocycles. The zero-order valence-electron chi connectivity index (χ0n) is 18.4. The van der Waals surface area contributed by atoms with E-state index in [2.05, 4.69) is 0 Å². The highest BCUT2D eigenvalue weighted by Crippen LogP contribution is 2.70. The van der Waals surface area contributed by atoms with Gasteiger partial charge in [0, 0.05) is 17.8 Å². The smallest absolute Gasteiger partial charge is 0.383 e. The molecule has 2 nitrogen and oxygen atoms in total. The van der Waals surface area contributed by atoms with Crippen molar-refractivity contribution in [2.45, 2.75) is 75.5 Å². The molecule has 0 saturated heterocycles. The molecule has 0 aliphatic heterocycles. The van der Waals surface area contributed by atoms with Crippen molar-refractivity contribution in [1.29, 1.82) is 0 Å². The SMILES string of the molecule is C[C@]12C[C@H](c3ccccc3)C3=C4CCC(=O)C=C4CC[C@H]3[C@@H]1CC[C@@]2(O)C(F)(F)C(F)(F)F. The molecule has 7 heteroatoms. The number of benzene rings is 1. The molecule has 1 N–H and O–H groups in total. The first-order valence-corrected chi connectivity index (χ1v) is 11.6. The second-order valence-electron chi connectivity index (χ2n) is 10.4. The Labute approximate surface area is 189 Å². The van der Waals surface area contributed by atoms with E-state index >= 15 is 0 Å². The molecule has 5 rings (SSSR count). The molecule has 178 valence electrons.